The van der Waals surface area contributed by atoms with Crippen LogP contribution in [0.4, 0.5) is 0 Å². The van der Waals surface area contributed by atoms with E-state index in [0.717, 1.165) is 6.04 Å². The van der Waals surface area contributed by atoms with E-state index in [1.807, 2.05) is 0 Å². The number of hydrogen-bond acceptors (Lipinski definition) is 2. The molecule has 1 spiro atoms. The molecule has 1 aliphatic carbocycles. The molecule has 92 valence electrons. The van der Waals surface area contributed by atoms with Gasteiger partial charge in [0, 0.05) is 22.7 Å². The Labute approximate surface area is 116 Å². The zero-order valence-electron chi connectivity index (χ0n) is 10.1. The minimum absolute atomic E-state index is 0.335. The van der Waals surface area contributed by atoms with E-state index in [0.29, 0.717) is 4.87 Å². The van der Waals surface area contributed by atoms with Gasteiger partial charge >= 0.3 is 0 Å². The van der Waals surface area contributed by atoms with E-state index < -0.39 is 0 Å². The van der Waals surface area contributed by atoms with E-state index >= 15 is 0 Å². The number of nitrogens with one attached hydrogen (secondary N) is 1. The van der Waals surface area contributed by atoms with Gasteiger partial charge in [0.1, 0.15) is 0 Å². The van der Waals surface area contributed by atoms with Crippen molar-refractivity contribution in [3.63, 3.8) is 0 Å². The molecule has 1 nitrogen and oxygen atoms in total. The normalized spacial score (nSPS) is 31.8. The molecular weight excluding hydrogens is 294 g/mol. The van der Waals surface area contributed by atoms with Gasteiger partial charge in [-0.1, -0.05) is 28.9 Å². The van der Waals surface area contributed by atoms with Crippen LogP contribution in [-0.4, -0.2) is 16.7 Å². The molecule has 2 unspecified atom stereocenters. The summed E-state index contributed by atoms with van der Waals surface area (Å²) in [5, 5.41) is 3.86. The maximum atomic E-state index is 3.86. The maximum Gasteiger partial charge on any atom is 0.0692 e. The molecule has 3 heteroatoms. The quantitative estimate of drug-likeness (QED) is 0.847. The summed E-state index contributed by atoms with van der Waals surface area (Å²) in [6.07, 6.45) is 4.93. The molecular formula is C14H18BrNS. The molecule has 1 heterocycles. The zero-order valence-corrected chi connectivity index (χ0v) is 12.5. The molecule has 0 saturated carbocycles. The van der Waals surface area contributed by atoms with E-state index in [1.54, 1.807) is 0 Å². The Balaban J connectivity index is 1.83. The summed E-state index contributed by atoms with van der Waals surface area (Å²) in [6.45, 7) is 2.28. The Kier molecular flexibility index (Phi) is 3.26. The molecule has 1 N–H and O–H groups in total. The predicted octanol–water partition coefficient (Wildman–Crippen LogP) is 3.75. The third kappa shape index (κ3) is 2.29. The summed E-state index contributed by atoms with van der Waals surface area (Å²) in [5.74, 6) is 1.28. The molecule has 0 bridgehead atoms. The van der Waals surface area contributed by atoms with E-state index in [9.17, 15) is 0 Å². The van der Waals surface area contributed by atoms with Crippen molar-refractivity contribution in [1.29, 1.82) is 0 Å². The zero-order chi connectivity index (χ0) is 11.9. The lowest BCUT2D eigenvalue weighted by Crippen LogP contribution is -2.45. The van der Waals surface area contributed by atoms with E-state index in [4.69, 9.17) is 0 Å². The van der Waals surface area contributed by atoms with Crippen LogP contribution in [0, 0.1) is 0 Å². The summed E-state index contributed by atoms with van der Waals surface area (Å²) in [6, 6.07) is 7.48. The fourth-order valence-electron chi connectivity index (χ4n) is 2.91. The molecule has 0 radical (unpaired) electrons. The topological polar surface area (TPSA) is 12.0 Å². The first kappa shape index (κ1) is 12.1. The lowest BCUT2D eigenvalue weighted by atomic mass is 9.87. The van der Waals surface area contributed by atoms with Gasteiger partial charge < -0.3 is 0 Å². The fraction of sp³-hybridized carbons (Fsp3) is 0.571. The van der Waals surface area contributed by atoms with Crippen LogP contribution in [-0.2, 0) is 12.8 Å². The van der Waals surface area contributed by atoms with Gasteiger partial charge in [-0.15, -0.1) is 11.8 Å². The number of rotatable bonds is 1. The van der Waals surface area contributed by atoms with Crippen molar-refractivity contribution in [2.24, 2.45) is 0 Å². The lowest BCUT2D eigenvalue weighted by Gasteiger charge is -2.35. The minimum Gasteiger partial charge on any atom is -0.299 e. The molecule has 1 saturated heterocycles. The van der Waals surface area contributed by atoms with Gasteiger partial charge in [0.25, 0.3) is 0 Å². The van der Waals surface area contributed by atoms with Gasteiger partial charge in [-0.25, -0.2) is 0 Å². The number of thioether (sulfide) groups is 1. The van der Waals surface area contributed by atoms with Crippen molar-refractivity contribution < 1.29 is 0 Å². The summed E-state index contributed by atoms with van der Waals surface area (Å²) in [7, 11) is 0. The van der Waals surface area contributed by atoms with Crippen molar-refractivity contribution in [2.75, 3.05) is 5.75 Å². The number of aryl methyl sites for hydroxylation is 1. The molecule has 0 aromatic heterocycles. The van der Waals surface area contributed by atoms with Gasteiger partial charge in [0.2, 0.25) is 0 Å². The molecule has 17 heavy (non-hydrogen) atoms. The van der Waals surface area contributed by atoms with Crippen molar-refractivity contribution in [3.05, 3.63) is 33.8 Å². The Hall–Kier alpha value is 0.01000. The van der Waals surface area contributed by atoms with Crippen molar-refractivity contribution in [2.45, 2.75) is 43.5 Å². The third-order valence-corrected chi connectivity index (χ3v) is 6.04. The van der Waals surface area contributed by atoms with E-state index in [1.165, 1.54) is 47.0 Å². The average molecular weight is 312 g/mol. The average Bonchev–Trinajstić information content (AvgIpc) is 2.73. The first-order valence-electron chi connectivity index (χ1n) is 6.40. The number of halogens is 1. The molecule has 1 aromatic rings. The Morgan fingerprint density at radius 1 is 1.47 bits per heavy atom. The summed E-state index contributed by atoms with van der Waals surface area (Å²) in [4.78, 5) is 0.335. The van der Waals surface area contributed by atoms with Crippen LogP contribution in [0.5, 0.6) is 0 Å². The Morgan fingerprint density at radius 3 is 3.12 bits per heavy atom. The van der Waals surface area contributed by atoms with Gasteiger partial charge in [-0.3, -0.25) is 5.32 Å². The van der Waals surface area contributed by atoms with Crippen molar-refractivity contribution >= 4 is 27.7 Å². The SMILES string of the molecule is CCC1CSC2(CCc3cc(Br)ccc3C2)N1. The van der Waals surface area contributed by atoms with E-state index in [-0.39, 0.29) is 0 Å². The second kappa shape index (κ2) is 4.60. The number of benzene rings is 1. The number of hydrogen-bond donors (Lipinski definition) is 1. The second-order valence-electron chi connectivity index (χ2n) is 5.14. The van der Waals surface area contributed by atoms with Crippen molar-refractivity contribution in [3.8, 4) is 0 Å². The van der Waals surface area contributed by atoms with Crippen LogP contribution in [0.2, 0.25) is 0 Å². The Bertz CT molecular complexity index is 434. The first-order chi connectivity index (χ1) is 8.21. The first-order valence-corrected chi connectivity index (χ1v) is 8.17. The summed E-state index contributed by atoms with van der Waals surface area (Å²) < 4.78 is 1.21. The molecule has 0 amide bonds. The van der Waals surface area contributed by atoms with Crippen molar-refractivity contribution in [1.82, 2.24) is 5.32 Å². The minimum atomic E-state index is 0.335. The number of fused-ring (bicyclic) bond motifs is 1. The lowest BCUT2D eigenvalue weighted by molar-refractivity contribution is 0.391. The third-order valence-electron chi connectivity index (χ3n) is 3.96. The standard InChI is InChI=1S/C14H18BrNS/c1-2-13-9-17-14(16-13)6-5-10-7-12(15)4-3-11(10)8-14/h3-4,7,13,16H,2,5-6,8-9H2,1H3. The molecule has 2 aliphatic rings. The van der Waals surface area contributed by atoms with Crippen LogP contribution < -0.4 is 5.32 Å². The van der Waals surface area contributed by atoms with Gasteiger partial charge in [-0.2, -0.15) is 0 Å². The van der Waals surface area contributed by atoms with Crippen LogP contribution in [0.25, 0.3) is 0 Å². The second-order valence-corrected chi connectivity index (χ2v) is 7.46. The van der Waals surface area contributed by atoms with E-state index in [2.05, 4.69) is 58.1 Å². The van der Waals surface area contributed by atoms with Crippen LogP contribution in [0.15, 0.2) is 22.7 Å². The van der Waals surface area contributed by atoms with Gasteiger partial charge in [-0.05, 0) is 42.5 Å². The summed E-state index contributed by atoms with van der Waals surface area (Å²) >= 11 is 5.71. The monoisotopic (exact) mass is 311 g/mol. The smallest absolute Gasteiger partial charge is 0.0692 e. The van der Waals surface area contributed by atoms with Crippen LogP contribution in [0.3, 0.4) is 0 Å². The van der Waals surface area contributed by atoms with Gasteiger partial charge in [0.05, 0.1) is 4.87 Å². The highest BCUT2D eigenvalue weighted by Gasteiger charge is 2.40. The molecule has 2 atom stereocenters. The highest BCUT2D eigenvalue weighted by Crippen LogP contribution is 2.42. The fourth-order valence-corrected chi connectivity index (χ4v) is 4.92. The predicted molar refractivity (Wildman–Crippen MR) is 78.6 cm³/mol. The molecule has 1 aliphatic heterocycles. The molecule has 1 aromatic carbocycles. The van der Waals surface area contributed by atoms with Crippen LogP contribution in [0.1, 0.15) is 30.9 Å². The summed E-state index contributed by atoms with van der Waals surface area (Å²) in [5.41, 5.74) is 3.07. The highest BCUT2D eigenvalue weighted by atomic mass is 79.9. The maximum absolute atomic E-state index is 3.86. The van der Waals surface area contributed by atoms with Gasteiger partial charge in [0.15, 0.2) is 0 Å². The Morgan fingerprint density at radius 2 is 2.35 bits per heavy atom. The molecule has 1 fully saturated rings. The largest absolute Gasteiger partial charge is 0.299 e. The molecule has 3 rings (SSSR count). The highest BCUT2D eigenvalue weighted by molar-refractivity contribution is 9.10. The van der Waals surface area contributed by atoms with Crippen LogP contribution >= 0.6 is 27.7 Å².